The Morgan fingerprint density at radius 1 is 0.938 bits per heavy atom. The quantitative estimate of drug-likeness (QED) is 0.552. The van der Waals surface area contributed by atoms with E-state index in [1.807, 2.05) is 66.7 Å². The molecule has 2 aromatic carbocycles. The van der Waals surface area contributed by atoms with Gasteiger partial charge < -0.3 is 20.1 Å². The van der Waals surface area contributed by atoms with Crippen LogP contribution in [0.15, 0.2) is 60.7 Å². The lowest BCUT2D eigenvalue weighted by Crippen LogP contribution is -2.53. The van der Waals surface area contributed by atoms with Crippen LogP contribution >= 0.6 is 0 Å². The minimum atomic E-state index is -1.01. The Labute approximate surface area is 187 Å². The molecular formula is C24H27N3O5. The van der Waals surface area contributed by atoms with Crippen LogP contribution in [0.3, 0.4) is 0 Å². The lowest BCUT2D eigenvalue weighted by molar-refractivity contribution is -0.145. The second-order valence-electron chi connectivity index (χ2n) is 7.30. The first kappa shape index (κ1) is 24.4. The number of carbonyl (C=O) groups excluding carboxylic acids is 3. The average Bonchev–Trinajstić information content (AvgIpc) is 2.82. The standard InChI is InChI=1S/C24H27N3O5/c1-17(15-25)13-21(23(29)31-2)26-22(28)20(14-18-9-5-3-6-10-18)27-24(30)32-16-19-11-7-4-8-12-19/h3-12,17,20-21H,13-14,16H2,1-2H3,(H,26,28)(H,27,30)/t17-,20-,21-/m1/s1. The largest absolute Gasteiger partial charge is 0.467 e. The first-order chi connectivity index (χ1) is 15.4. The molecule has 0 saturated carbocycles. The summed E-state index contributed by atoms with van der Waals surface area (Å²) in [5.41, 5.74) is 1.62. The number of hydrogen-bond acceptors (Lipinski definition) is 6. The molecule has 2 N–H and O–H groups in total. The summed E-state index contributed by atoms with van der Waals surface area (Å²) < 4.78 is 9.99. The molecule has 2 rings (SSSR count). The zero-order chi connectivity index (χ0) is 23.3. The minimum absolute atomic E-state index is 0.0524. The van der Waals surface area contributed by atoms with Crippen LogP contribution in [0.1, 0.15) is 24.5 Å². The summed E-state index contributed by atoms with van der Waals surface area (Å²) in [4.78, 5) is 37.5. The normalized spacial score (nSPS) is 13.0. The van der Waals surface area contributed by atoms with Crippen LogP contribution in [-0.2, 0) is 32.1 Å². The Hall–Kier alpha value is -3.86. The number of carbonyl (C=O) groups is 3. The molecule has 2 amide bonds. The molecule has 0 saturated heterocycles. The second-order valence-corrected chi connectivity index (χ2v) is 7.30. The number of nitriles is 1. The number of alkyl carbamates (subject to hydrolysis) is 1. The Balaban J connectivity index is 2.10. The van der Waals surface area contributed by atoms with Gasteiger partial charge in [-0.2, -0.15) is 5.26 Å². The molecule has 8 nitrogen and oxygen atoms in total. The van der Waals surface area contributed by atoms with Crippen molar-refractivity contribution in [3.63, 3.8) is 0 Å². The molecule has 0 aliphatic carbocycles. The maximum absolute atomic E-state index is 13.0. The minimum Gasteiger partial charge on any atom is -0.467 e. The fourth-order valence-electron chi connectivity index (χ4n) is 3.00. The third kappa shape index (κ3) is 8.11. The fraction of sp³-hybridized carbons (Fsp3) is 0.333. The summed E-state index contributed by atoms with van der Waals surface area (Å²) in [6.45, 7) is 1.69. The van der Waals surface area contributed by atoms with Crippen LogP contribution in [-0.4, -0.2) is 37.2 Å². The first-order valence-electron chi connectivity index (χ1n) is 10.2. The average molecular weight is 437 g/mol. The van der Waals surface area contributed by atoms with E-state index in [1.165, 1.54) is 7.11 Å². The van der Waals surface area contributed by atoms with Gasteiger partial charge in [-0.3, -0.25) is 4.79 Å². The number of nitrogens with zero attached hydrogens (tertiary/aromatic N) is 1. The van der Waals surface area contributed by atoms with Crippen molar-refractivity contribution in [2.45, 2.75) is 38.5 Å². The Kier molecular flexibility index (Phi) is 9.72. The Morgan fingerprint density at radius 2 is 1.53 bits per heavy atom. The zero-order valence-corrected chi connectivity index (χ0v) is 18.1. The summed E-state index contributed by atoms with van der Waals surface area (Å²) >= 11 is 0. The van der Waals surface area contributed by atoms with Crippen molar-refractivity contribution in [2.24, 2.45) is 5.92 Å². The van der Waals surface area contributed by atoms with Crippen molar-refractivity contribution in [1.82, 2.24) is 10.6 Å². The van der Waals surface area contributed by atoms with Gasteiger partial charge in [0.15, 0.2) is 0 Å². The van der Waals surface area contributed by atoms with Gasteiger partial charge in [0, 0.05) is 12.3 Å². The van der Waals surface area contributed by atoms with Gasteiger partial charge in [-0.05, 0) is 24.5 Å². The van der Waals surface area contributed by atoms with Crippen molar-refractivity contribution >= 4 is 18.0 Å². The maximum Gasteiger partial charge on any atom is 0.408 e. The van der Waals surface area contributed by atoms with E-state index < -0.39 is 36.0 Å². The third-order valence-corrected chi connectivity index (χ3v) is 4.72. The van der Waals surface area contributed by atoms with Gasteiger partial charge in [0.05, 0.1) is 13.2 Å². The topological polar surface area (TPSA) is 118 Å². The summed E-state index contributed by atoms with van der Waals surface area (Å²) in [6.07, 6.45) is -0.481. The molecule has 168 valence electrons. The van der Waals surface area contributed by atoms with Crippen LogP contribution in [0.5, 0.6) is 0 Å². The van der Waals surface area contributed by atoms with Gasteiger partial charge in [0.2, 0.25) is 5.91 Å². The first-order valence-corrected chi connectivity index (χ1v) is 10.2. The molecule has 8 heteroatoms. The highest BCUT2D eigenvalue weighted by Crippen LogP contribution is 2.09. The zero-order valence-electron chi connectivity index (χ0n) is 18.1. The number of ether oxygens (including phenoxy) is 2. The van der Waals surface area contributed by atoms with Gasteiger partial charge >= 0.3 is 12.1 Å². The molecule has 0 heterocycles. The van der Waals surface area contributed by atoms with Crippen LogP contribution in [0, 0.1) is 17.2 Å². The number of methoxy groups -OCH3 is 1. The number of hydrogen-bond donors (Lipinski definition) is 2. The summed E-state index contributed by atoms with van der Waals surface area (Å²) in [5, 5.41) is 14.2. The molecule has 0 aliphatic rings. The van der Waals surface area contributed by atoms with Gasteiger partial charge in [-0.1, -0.05) is 60.7 Å². The number of amides is 2. The maximum atomic E-state index is 13.0. The predicted octanol–water partition coefficient (Wildman–Crippen LogP) is 2.73. The molecule has 0 spiro atoms. The van der Waals surface area contributed by atoms with E-state index in [9.17, 15) is 14.4 Å². The fourth-order valence-corrected chi connectivity index (χ4v) is 3.00. The van der Waals surface area contributed by atoms with Crippen LogP contribution < -0.4 is 10.6 Å². The summed E-state index contributed by atoms with van der Waals surface area (Å²) in [7, 11) is 1.21. The molecule has 0 fully saturated rings. The lowest BCUT2D eigenvalue weighted by atomic mass is 10.0. The highest BCUT2D eigenvalue weighted by Gasteiger charge is 2.29. The number of esters is 1. The number of rotatable bonds is 10. The summed E-state index contributed by atoms with van der Waals surface area (Å²) in [6, 6.07) is 18.3. The third-order valence-electron chi connectivity index (χ3n) is 4.72. The Bertz CT molecular complexity index is 928. The monoisotopic (exact) mass is 437 g/mol. The molecule has 32 heavy (non-hydrogen) atoms. The van der Waals surface area contributed by atoms with Gasteiger partial charge in [0.25, 0.3) is 0 Å². The Morgan fingerprint density at radius 3 is 2.09 bits per heavy atom. The van der Waals surface area contributed by atoms with Crippen molar-refractivity contribution in [2.75, 3.05) is 7.11 Å². The van der Waals surface area contributed by atoms with E-state index >= 15 is 0 Å². The molecule has 2 aromatic rings. The predicted molar refractivity (Wildman–Crippen MR) is 117 cm³/mol. The highest BCUT2D eigenvalue weighted by atomic mass is 16.5. The summed E-state index contributed by atoms with van der Waals surface area (Å²) in [5.74, 6) is -1.72. The number of benzene rings is 2. The highest BCUT2D eigenvalue weighted by molar-refractivity contribution is 5.89. The molecule has 0 bridgehead atoms. The molecule has 0 aliphatic heterocycles. The second kappa shape index (κ2) is 12.7. The van der Waals surface area contributed by atoms with Crippen molar-refractivity contribution < 1.29 is 23.9 Å². The lowest BCUT2D eigenvalue weighted by Gasteiger charge is -2.22. The van der Waals surface area contributed by atoms with Crippen LogP contribution in [0.25, 0.3) is 0 Å². The van der Waals surface area contributed by atoms with Crippen LogP contribution in [0.2, 0.25) is 0 Å². The van der Waals surface area contributed by atoms with Gasteiger partial charge in [0.1, 0.15) is 18.7 Å². The number of nitrogens with one attached hydrogen (secondary N) is 2. The molecule has 0 aromatic heterocycles. The van der Waals surface area contributed by atoms with Crippen molar-refractivity contribution in [3.8, 4) is 6.07 Å². The van der Waals surface area contributed by atoms with Crippen molar-refractivity contribution in [3.05, 3.63) is 71.8 Å². The molecule has 0 unspecified atom stereocenters. The van der Waals surface area contributed by atoms with Crippen LogP contribution in [0.4, 0.5) is 4.79 Å². The van der Waals surface area contributed by atoms with E-state index in [4.69, 9.17) is 14.7 Å². The SMILES string of the molecule is COC(=O)[C@@H](C[C@@H](C)C#N)NC(=O)[C@@H](Cc1ccccc1)NC(=O)OCc1ccccc1. The van der Waals surface area contributed by atoms with E-state index in [1.54, 1.807) is 6.92 Å². The molecule has 0 radical (unpaired) electrons. The van der Waals surface area contributed by atoms with E-state index in [0.717, 1.165) is 11.1 Å². The van der Waals surface area contributed by atoms with E-state index in [2.05, 4.69) is 10.6 Å². The van der Waals surface area contributed by atoms with Gasteiger partial charge in [-0.25, -0.2) is 9.59 Å². The smallest absolute Gasteiger partial charge is 0.408 e. The van der Waals surface area contributed by atoms with Gasteiger partial charge in [-0.15, -0.1) is 0 Å². The molecular weight excluding hydrogens is 410 g/mol. The van der Waals surface area contributed by atoms with Crippen molar-refractivity contribution in [1.29, 1.82) is 5.26 Å². The van der Waals surface area contributed by atoms with E-state index in [0.29, 0.717) is 0 Å². The molecule has 3 atom stereocenters. The van der Waals surface area contributed by atoms with E-state index in [-0.39, 0.29) is 19.4 Å².